The van der Waals surface area contributed by atoms with E-state index in [1.54, 1.807) is 37.3 Å². The van der Waals surface area contributed by atoms with Crippen LogP contribution in [0.5, 0.6) is 17.2 Å². The maximum atomic E-state index is 14.1. The summed E-state index contributed by atoms with van der Waals surface area (Å²) in [4.78, 5) is 28.3. The monoisotopic (exact) mass is 631 g/mol. The molecule has 0 aliphatic carbocycles. The van der Waals surface area contributed by atoms with Crippen LogP contribution in [0, 0.1) is 17.0 Å². The molecule has 3 aromatic carbocycles. The summed E-state index contributed by atoms with van der Waals surface area (Å²) in [7, 11) is 1.41. The molecule has 1 N–H and O–H groups in total. The first-order valence-electron chi connectivity index (χ1n) is 12.2. The Bertz CT molecular complexity index is 1910. The smallest absolute Gasteiger partial charge is 0.433 e. The summed E-state index contributed by atoms with van der Waals surface area (Å²) in [6, 6.07) is 15.2. The van der Waals surface area contributed by atoms with Crippen molar-refractivity contribution in [2.75, 3.05) is 12.4 Å². The molecule has 1 amide bonds. The number of hydrogen-bond acceptors (Lipinski definition) is 7. The molecule has 0 aliphatic heterocycles. The third-order valence-corrected chi connectivity index (χ3v) is 6.90. The van der Waals surface area contributed by atoms with Crippen molar-refractivity contribution in [3.05, 3.63) is 104 Å². The topological polar surface area (TPSA) is 121 Å². The zero-order valence-corrected chi connectivity index (χ0v) is 23.6. The summed E-state index contributed by atoms with van der Waals surface area (Å²) < 4.78 is 53.6. The second-order valence-corrected chi connectivity index (χ2v) is 9.88. The first kappa shape index (κ1) is 29.6. The van der Waals surface area contributed by atoms with E-state index in [4.69, 9.17) is 32.7 Å². The SMILES string of the molecule is COc1cccc(-c2cc(C(F)(F)F)n3nc(C(=O)Nc4cc(Oc5ccc(Cl)c(C)c5)cc([N+](=O)[O-])c4)c(Cl)c3n2)c1. The van der Waals surface area contributed by atoms with Gasteiger partial charge >= 0.3 is 6.18 Å². The minimum Gasteiger partial charge on any atom is -0.497 e. The number of nitrogens with one attached hydrogen (secondary N) is 1. The predicted molar refractivity (Wildman–Crippen MR) is 152 cm³/mol. The average Bonchev–Trinajstić information content (AvgIpc) is 3.30. The molecule has 5 rings (SSSR count). The van der Waals surface area contributed by atoms with Gasteiger partial charge < -0.3 is 14.8 Å². The molecule has 5 aromatic rings. The number of benzene rings is 3. The summed E-state index contributed by atoms with van der Waals surface area (Å²) in [5, 5.41) is 17.8. The first-order valence-corrected chi connectivity index (χ1v) is 13.0. The molecule has 0 fully saturated rings. The minimum absolute atomic E-state index is 0.00345. The molecule has 0 saturated carbocycles. The van der Waals surface area contributed by atoms with Gasteiger partial charge in [0.25, 0.3) is 11.6 Å². The number of non-ortho nitro benzene ring substituents is 1. The zero-order chi connectivity index (χ0) is 31.1. The second-order valence-electron chi connectivity index (χ2n) is 9.09. The molecular weight excluding hydrogens is 614 g/mol. The van der Waals surface area contributed by atoms with E-state index in [1.807, 2.05) is 0 Å². The van der Waals surface area contributed by atoms with E-state index in [0.29, 0.717) is 32.2 Å². The van der Waals surface area contributed by atoms with Crippen LogP contribution in [-0.2, 0) is 6.18 Å². The number of aryl methyl sites for hydroxylation is 1. The van der Waals surface area contributed by atoms with E-state index in [1.165, 1.54) is 25.3 Å². The lowest BCUT2D eigenvalue weighted by molar-refractivity contribution is -0.384. The van der Waals surface area contributed by atoms with E-state index in [2.05, 4.69) is 15.4 Å². The maximum Gasteiger partial charge on any atom is 0.433 e. The van der Waals surface area contributed by atoms with E-state index in [0.717, 1.165) is 18.2 Å². The fraction of sp³-hybridized carbons (Fsp3) is 0.107. The summed E-state index contributed by atoms with van der Waals surface area (Å²) in [6.45, 7) is 1.74. The van der Waals surface area contributed by atoms with Crippen molar-refractivity contribution in [3.8, 4) is 28.5 Å². The summed E-state index contributed by atoms with van der Waals surface area (Å²) in [5.74, 6) is -0.337. The highest BCUT2D eigenvalue weighted by atomic mass is 35.5. The van der Waals surface area contributed by atoms with Crippen LogP contribution < -0.4 is 14.8 Å². The number of hydrogen-bond donors (Lipinski definition) is 1. The number of anilines is 1. The number of ether oxygens (including phenoxy) is 2. The molecule has 0 saturated heterocycles. The predicted octanol–water partition coefficient (Wildman–Crippen LogP) is 7.99. The molecular formula is C28H18Cl2F3N5O5. The quantitative estimate of drug-likeness (QED) is 0.143. The van der Waals surface area contributed by atoms with Gasteiger partial charge in [-0.2, -0.15) is 18.3 Å². The fourth-order valence-electron chi connectivity index (χ4n) is 4.10. The molecule has 0 spiro atoms. The van der Waals surface area contributed by atoms with Gasteiger partial charge in [-0.3, -0.25) is 14.9 Å². The summed E-state index contributed by atoms with van der Waals surface area (Å²) >= 11 is 12.4. The molecule has 0 unspecified atom stereocenters. The van der Waals surface area contributed by atoms with Gasteiger partial charge in [-0.25, -0.2) is 9.50 Å². The van der Waals surface area contributed by atoms with E-state index >= 15 is 0 Å². The van der Waals surface area contributed by atoms with Gasteiger partial charge in [-0.1, -0.05) is 35.3 Å². The van der Waals surface area contributed by atoms with Crippen LogP contribution in [0.1, 0.15) is 21.7 Å². The van der Waals surface area contributed by atoms with Gasteiger partial charge in [0.1, 0.15) is 22.3 Å². The van der Waals surface area contributed by atoms with Crippen molar-refractivity contribution < 1.29 is 32.4 Å². The number of nitro benzene ring substituents is 1. The third kappa shape index (κ3) is 6.17. The molecule has 220 valence electrons. The number of nitro groups is 1. The number of amides is 1. The van der Waals surface area contributed by atoms with Crippen LogP contribution in [0.2, 0.25) is 10.0 Å². The lowest BCUT2D eigenvalue weighted by Crippen LogP contribution is -2.16. The first-order chi connectivity index (χ1) is 20.3. The van der Waals surface area contributed by atoms with Crippen LogP contribution in [0.4, 0.5) is 24.5 Å². The minimum atomic E-state index is -4.90. The highest BCUT2D eigenvalue weighted by molar-refractivity contribution is 6.37. The average molecular weight is 632 g/mol. The standard InChI is InChI=1S/C28H18Cl2F3N5O5/c1-14-8-19(6-7-21(14)29)43-20-11-16(10-17(12-20)38(40)41)34-27(39)25-24(30)26-35-22(15-4-3-5-18(9-15)42-2)13-23(28(31,32)33)37(26)36-25/h3-13H,1-2H3,(H,34,39). The van der Waals surface area contributed by atoms with Crippen LogP contribution in [0.15, 0.2) is 66.7 Å². The number of halogens is 5. The Kier molecular flexibility index (Phi) is 7.86. The largest absolute Gasteiger partial charge is 0.497 e. The van der Waals surface area contributed by atoms with Crippen LogP contribution in [0.3, 0.4) is 0 Å². The molecule has 15 heteroatoms. The molecule has 43 heavy (non-hydrogen) atoms. The molecule has 0 aliphatic rings. The van der Waals surface area contributed by atoms with Gasteiger partial charge in [-0.05, 0) is 48.9 Å². The number of fused-ring (bicyclic) bond motifs is 1. The molecule has 0 bridgehead atoms. The van der Waals surface area contributed by atoms with Crippen molar-refractivity contribution in [1.82, 2.24) is 14.6 Å². The lowest BCUT2D eigenvalue weighted by Gasteiger charge is -2.11. The van der Waals surface area contributed by atoms with Crippen LogP contribution in [-0.4, -0.2) is 32.5 Å². The number of carbonyl (C=O) groups is 1. The number of alkyl halides is 3. The molecule has 0 atom stereocenters. The van der Waals surface area contributed by atoms with Gasteiger partial charge in [0.15, 0.2) is 17.0 Å². The Balaban J connectivity index is 1.54. The fourth-order valence-corrected chi connectivity index (χ4v) is 4.46. The number of nitrogens with zero attached hydrogens (tertiary/aromatic N) is 4. The van der Waals surface area contributed by atoms with Crippen molar-refractivity contribution in [3.63, 3.8) is 0 Å². The molecule has 2 heterocycles. The molecule has 2 aromatic heterocycles. The van der Waals surface area contributed by atoms with E-state index in [9.17, 15) is 28.1 Å². The normalized spacial score (nSPS) is 11.4. The Morgan fingerprint density at radius 2 is 1.79 bits per heavy atom. The zero-order valence-electron chi connectivity index (χ0n) is 22.1. The van der Waals surface area contributed by atoms with Gasteiger partial charge in [-0.15, -0.1) is 0 Å². The van der Waals surface area contributed by atoms with Crippen LogP contribution >= 0.6 is 23.2 Å². The summed E-state index contributed by atoms with van der Waals surface area (Å²) in [5.41, 5.74) is -1.88. The number of rotatable bonds is 7. The highest BCUT2D eigenvalue weighted by Crippen LogP contribution is 2.36. The Hall–Kier alpha value is -4.88. The van der Waals surface area contributed by atoms with E-state index < -0.39 is 44.8 Å². The Morgan fingerprint density at radius 3 is 2.47 bits per heavy atom. The maximum absolute atomic E-state index is 14.1. The number of carbonyl (C=O) groups excluding carboxylic acids is 1. The lowest BCUT2D eigenvalue weighted by atomic mass is 10.1. The van der Waals surface area contributed by atoms with Crippen molar-refractivity contribution in [2.45, 2.75) is 13.1 Å². The van der Waals surface area contributed by atoms with Gasteiger partial charge in [0, 0.05) is 22.7 Å². The number of aromatic nitrogens is 3. The molecule has 10 nitrogen and oxygen atoms in total. The highest BCUT2D eigenvalue weighted by Gasteiger charge is 2.37. The van der Waals surface area contributed by atoms with Gasteiger partial charge in [0.2, 0.25) is 0 Å². The van der Waals surface area contributed by atoms with Crippen LogP contribution in [0.25, 0.3) is 16.9 Å². The van der Waals surface area contributed by atoms with Crippen molar-refractivity contribution in [2.24, 2.45) is 0 Å². The third-order valence-electron chi connectivity index (χ3n) is 6.13. The van der Waals surface area contributed by atoms with Crippen molar-refractivity contribution >= 4 is 46.1 Å². The number of methoxy groups -OCH3 is 1. The Morgan fingerprint density at radius 1 is 1.02 bits per heavy atom. The van der Waals surface area contributed by atoms with Gasteiger partial charge in [0.05, 0.1) is 29.5 Å². The second kappa shape index (κ2) is 11.4. The van der Waals surface area contributed by atoms with Crippen molar-refractivity contribution in [1.29, 1.82) is 0 Å². The molecule has 0 radical (unpaired) electrons. The van der Waals surface area contributed by atoms with E-state index in [-0.39, 0.29) is 17.1 Å². The Labute approximate surface area is 250 Å². The summed E-state index contributed by atoms with van der Waals surface area (Å²) in [6.07, 6.45) is -4.90.